The van der Waals surface area contributed by atoms with Crippen LogP contribution in [0.5, 0.6) is 0 Å². The largest absolute Gasteiger partial charge is 0.355 e. The van der Waals surface area contributed by atoms with Gasteiger partial charge in [0, 0.05) is 23.6 Å². The number of nitrogens with zero attached hydrogens (tertiary/aromatic N) is 1. The Kier molecular flexibility index (Phi) is 3.37. The molecule has 1 heterocycles. The van der Waals surface area contributed by atoms with E-state index < -0.39 is 0 Å². The Morgan fingerprint density at radius 1 is 1.20 bits per heavy atom. The molecule has 1 saturated carbocycles. The van der Waals surface area contributed by atoms with Crippen LogP contribution in [0.15, 0.2) is 42.6 Å². The van der Waals surface area contributed by atoms with Gasteiger partial charge >= 0.3 is 0 Å². The van der Waals surface area contributed by atoms with Gasteiger partial charge in [-0.15, -0.1) is 0 Å². The van der Waals surface area contributed by atoms with Crippen LogP contribution in [0.25, 0.3) is 0 Å². The van der Waals surface area contributed by atoms with E-state index in [1.165, 1.54) is 5.56 Å². The van der Waals surface area contributed by atoms with E-state index in [2.05, 4.69) is 21.7 Å². The second kappa shape index (κ2) is 5.33. The van der Waals surface area contributed by atoms with Gasteiger partial charge in [0.2, 0.25) is 0 Å². The number of anilines is 2. The maximum atomic E-state index is 12.0. The lowest BCUT2D eigenvalue weighted by molar-refractivity contribution is 0.0946. The maximum Gasteiger partial charge on any atom is 0.270 e. The summed E-state index contributed by atoms with van der Waals surface area (Å²) in [5.41, 5.74) is 3.52. The van der Waals surface area contributed by atoms with Gasteiger partial charge in [-0.3, -0.25) is 9.78 Å². The predicted molar refractivity (Wildman–Crippen MR) is 79.2 cm³/mol. The van der Waals surface area contributed by atoms with E-state index in [1.807, 2.05) is 31.2 Å². The fraction of sp³-hybridized carbons (Fsp3) is 0.250. The van der Waals surface area contributed by atoms with E-state index in [1.54, 1.807) is 12.3 Å². The fourth-order valence-electron chi connectivity index (χ4n) is 2.01. The molecule has 1 aliphatic rings. The van der Waals surface area contributed by atoms with Crippen LogP contribution >= 0.6 is 0 Å². The Hall–Kier alpha value is -2.36. The number of carbonyl (C=O) groups excluding carboxylic acids is 1. The van der Waals surface area contributed by atoms with Crippen molar-refractivity contribution in [1.82, 2.24) is 10.3 Å². The third-order valence-corrected chi connectivity index (χ3v) is 3.21. The number of nitrogens with one attached hydrogen (secondary N) is 2. The second-order valence-corrected chi connectivity index (χ2v) is 5.17. The van der Waals surface area contributed by atoms with Gasteiger partial charge in [0.1, 0.15) is 5.69 Å². The summed E-state index contributed by atoms with van der Waals surface area (Å²) in [7, 11) is 0. The molecule has 0 bridgehead atoms. The highest BCUT2D eigenvalue weighted by molar-refractivity contribution is 5.93. The van der Waals surface area contributed by atoms with Gasteiger partial charge < -0.3 is 10.6 Å². The van der Waals surface area contributed by atoms with Crippen molar-refractivity contribution in [3.05, 3.63) is 53.9 Å². The van der Waals surface area contributed by atoms with E-state index in [0.29, 0.717) is 11.7 Å². The molecule has 0 unspecified atom stereocenters. The third kappa shape index (κ3) is 3.15. The molecule has 2 aromatic rings. The molecule has 2 N–H and O–H groups in total. The summed E-state index contributed by atoms with van der Waals surface area (Å²) < 4.78 is 0. The Labute approximate surface area is 118 Å². The van der Waals surface area contributed by atoms with Crippen molar-refractivity contribution in [2.45, 2.75) is 25.8 Å². The van der Waals surface area contributed by atoms with E-state index in [9.17, 15) is 4.79 Å². The van der Waals surface area contributed by atoms with Crippen molar-refractivity contribution in [1.29, 1.82) is 0 Å². The number of hydrogen-bond donors (Lipinski definition) is 2. The SMILES string of the molecule is Cc1cccc(Nc2ccnc(C(=O)NC3CC3)c2)c1. The van der Waals surface area contributed by atoms with Crippen molar-refractivity contribution < 1.29 is 4.79 Å². The molecule has 20 heavy (non-hydrogen) atoms. The summed E-state index contributed by atoms with van der Waals surface area (Å²) in [6, 6.07) is 12.1. The van der Waals surface area contributed by atoms with Gasteiger partial charge in [0.25, 0.3) is 5.91 Å². The normalized spacial score (nSPS) is 13.8. The molecular weight excluding hydrogens is 250 g/mol. The molecule has 0 saturated heterocycles. The second-order valence-electron chi connectivity index (χ2n) is 5.17. The standard InChI is InChI=1S/C16H17N3O/c1-11-3-2-4-13(9-11)18-14-7-8-17-15(10-14)16(20)19-12-5-6-12/h2-4,7-10,12H,5-6H2,1H3,(H,17,18)(H,19,20). The van der Waals surface area contributed by atoms with Crippen LogP contribution in [0.1, 0.15) is 28.9 Å². The van der Waals surface area contributed by atoms with Crippen LogP contribution in [0.3, 0.4) is 0 Å². The van der Waals surface area contributed by atoms with Gasteiger partial charge in [0.15, 0.2) is 0 Å². The lowest BCUT2D eigenvalue weighted by atomic mass is 10.2. The molecule has 1 aromatic carbocycles. The summed E-state index contributed by atoms with van der Waals surface area (Å²) in [6.07, 6.45) is 3.81. The van der Waals surface area contributed by atoms with Crippen LogP contribution in [0.2, 0.25) is 0 Å². The molecular formula is C16H17N3O. The zero-order valence-corrected chi connectivity index (χ0v) is 11.4. The summed E-state index contributed by atoms with van der Waals surface area (Å²) in [5.74, 6) is -0.0969. The van der Waals surface area contributed by atoms with Gasteiger partial charge in [-0.2, -0.15) is 0 Å². The van der Waals surface area contributed by atoms with E-state index in [4.69, 9.17) is 0 Å². The first kappa shape index (κ1) is 12.7. The van der Waals surface area contributed by atoms with Crippen LogP contribution in [0, 0.1) is 6.92 Å². The van der Waals surface area contributed by atoms with Crippen LogP contribution < -0.4 is 10.6 Å². The maximum absolute atomic E-state index is 12.0. The smallest absolute Gasteiger partial charge is 0.270 e. The Balaban J connectivity index is 1.75. The molecule has 0 atom stereocenters. The minimum atomic E-state index is -0.0969. The first-order valence-corrected chi connectivity index (χ1v) is 6.81. The average molecular weight is 267 g/mol. The molecule has 0 spiro atoms. The zero-order valence-electron chi connectivity index (χ0n) is 11.4. The predicted octanol–water partition coefficient (Wildman–Crippen LogP) is 3.03. The van der Waals surface area contributed by atoms with Crippen molar-refractivity contribution in [3.63, 3.8) is 0 Å². The van der Waals surface area contributed by atoms with Crippen molar-refractivity contribution in [3.8, 4) is 0 Å². The van der Waals surface area contributed by atoms with Gasteiger partial charge in [-0.25, -0.2) is 0 Å². The van der Waals surface area contributed by atoms with Gasteiger partial charge in [0.05, 0.1) is 0 Å². The molecule has 1 aromatic heterocycles. The van der Waals surface area contributed by atoms with E-state index in [-0.39, 0.29) is 5.91 Å². The zero-order chi connectivity index (χ0) is 13.9. The van der Waals surface area contributed by atoms with Gasteiger partial charge in [-0.1, -0.05) is 12.1 Å². The average Bonchev–Trinajstić information content (AvgIpc) is 3.23. The number of aryl methyl sites for hydroxylation is 1. The molecule has 4 heteroatoms. The number of rotatable bonds is 4. The number of aromatic nitrogens is 1. The topological polar surface area (TPSA) is 54.0 Å². The number of benzene rings is 1. The Morgan fingerprint density at radius 2 is 2.00 bits per heavy atom. The highest BCUT2D eigenvalue weighted by atomic mass is 16.2. The number of pyridine rings is 1. The highest BCUT2D eigenvalue weighted by Gasteiger charge is 2.24. The van der Waals surface area contributed by atoms with E-state index in [0.717, 1.165) is 24.2 Å². The first-order valence-electron chi connectivity index (χ1n) is 6.81. The number of amides is 1. The molecule has 3 rings (SSSR count). The lowest BCUT2D eigenvalue weighted by Gasteiger charge is -2.08. The lowest BCUT2D eigenvalue weighted by Crippen LogP contribution is -2.26. The van der Waals surface area contributed by atoms with Crippen molar-refractivity contribution in [2.75, 3.05) is 5.32 Å². The summed E-state index contributed by atoms with van der Waals surface area (Å²) in [6.45, 7) is 2.05. The monoisotopic (exact) mass is 267 g/mol. The molecule has 1 aliphatic carbocycles. The molecule has 1 amide bonds. The van der Waals surface area contributed by atoms with Gasteiger partial charge in [-0.05, 0) is 49.6 Å². The van der Waals surface area contributed by atoms with Crippen molar-refractivity contribution in [2.24, 2.45) is 0 Å². The van der Waals surface area contributed by atoms with Crippen molar-refractivity contribution >= 4 is 17.3 Å². The molecule has 0 radical (unpaired) electrons. The summed E-state index contributed by atoms with van der Waals surface area (Å²) in [5, 5.41) is 6.23. The Morgan fingerprint density at radius 3 is 2.75 bits per heavy atom. The highest BCUT2D eigenvalue weighted by Crippen LogP contribution is 2.20. The van der Waals surface area contributed by atoms with Crippen LogP contribution in [0.4, 0.5) is 11.4 Å². The minimum absolute atomic E-state index is 0.0969. The molecule has 4 nitrogen and oxygen atoms in total. The summed E-state index contributed by atoms with van der Waals surface area (Å²) in [4.78, 5) is 16.1. The fourth-order valence-corrected chi connectivity index (χ4v) is 2.01. The quantitative estimate of drug-likeness (QED) is 0.895. The minimum Gasteiger partial charge on any atom is -0.355 e. The third-order valence-electron chi connectivity index (χ3n) is 3.21. The molecule has 102 valence electrons. The van der Waals surface area contributed by atoms with Crippen LogP contribution in [-0.4, -0.2) is 16.9 Å². The summed E-state index contributed by atoms with van der Waals surface area (Å²) >= 11 is 0. The number of hydrogen-bond acceptors (Lipinski definition) is 3. The van der Waals surface area contributed by atoms with Crippen LogP contribution in [-0.2, 0) is 0 Å². The molecule has 1 fully saturated rings. The van der Waals surface area contributed by atoms with E-state index >= 15 is 0 Å². The number of carbonyl (C=O) groups is 1. The Bertz CT molecular complexity index is 635. The first-order chi connectivity index (χ1) is 9.70. The molecule has 0 aliphatic heterocycles.